The molecule has 4 rings (SSSR count). The molecule has 3 N–H and O–H groups in total. The van der Waals surface area contributed by atoms with Gasteiger partial charge in [-0.05, 0) is 49.2 Å². The highest BCUT2D eigenvalue weighted by molar-refractivity contribution is 6.30. The van der Waals surface area contributed by atoms with E-state index < -0.39 is 18.2 Å². The third-order valence-electron chi connectivity index (χ3n) is 5.81. The molecule has 0 saturated carbocycles. The Labute approximate surface area is 197 Å². The van der Waals surface area contributed by atoms with Crippen molar-refractivity contribution in [1.29, 1.82) is 0 Å². The minimum absolute atomic E-state index is 0.267. The molecular formula is C24H27ClN4O4. The summed E-state index contributed by atoms with van der Waals surface area (Å²) in [5.41, 5.74) is 3.11. The Morgan fingerprint density at radius 1 is 1.24 bits per heavy atom. The van der Waals surface area contributed by atoms with Crippen molar-refractivity contribution in [3.05, 3.63) is 69.9 Å². The molecule has 2 heterocycles. The Hall–Kier alpha value is -3.07. The number of aliphatic hydroxyl groups is 1. The number of amides is 1. The molecule has 0 radical (unpaired) electrons. The summed E-state index contributed by atoms with van der Waals surface area (Å²) >= 11 is 5.98. The second-order valence-corrected chi connectivity index (χ2v) is 8.32. The number of rotatable bonds is 7. The lowest BCUT2D eigenvalue weighted by Crippen LogP contribution is -2.49. The average molecular weight is 471 g/mol. The predicted octanol–water partition coefficient (Wildman–Crippen LogP) is 3.52. The number of anilines is 1. The minimum atomic E-state index is -1.08. The minimum Gasteiger partial charge on any atom is -0.493 e. The fourth-order valence-electron chi connectivity index (χ4n) is 4.30. The number of aliphatic hydroxyl groups excluding tert-OH is 1. The van der Waals surface area contributed by atoms with Crippen molar-refractivity contribution in [3.8, 4) is 11.5 Å². The van der Waals surface area contributed by atoms with Crippen LogP contribution in [0, 0.1) is 6.92 Å². The maximum Gasteiger partial charge on any atom is 0.243 e. The maximum atomic E-state index is 13.2. The van der Waals surface area contributed by atoms with Crippen LogP contribution in [0.2, 0.25) is 5.02 Å². The van der Waals surface area contributed by atoms with E-state index in [1.54, 1.807) is 43.1 Å². The molecule has 0 saturated heterocycles. The summed E-state index contributed by atoms with van der Waals surface area (Å²) in [6.45, 7) is 4.31. The summed E-state index contributed by atoms with van der Waals surface area (Å²) in [6, 6.07) is 11.7. The first kappa shape index (κ1) is 23.1. The quantitative estimate of drug-likeness (QED) is 0.457. The predicted molar refractivity (Wildman–Crippen MR) is 126 cm³/mol. The van der Waals surface area contributed by atoms with Gasteiger partial charge in [0.25, 0.3) is 0 Å². The monoisotopic (exact) mass is 470 g/mol. The summed E-state index contributed by atoms with van der Waals surface area (Å²) in [5.74, 6) is 1.14. The average Bonchev–Trinajstić information content (AvgIpc) is 3.08. The first-order valence-corrected chi connectivity index (χ1v) is 11.1. The molecule has 2 aromatic carbocycles. The molecule has 174 valence electrons. The number of carbonyl (C=O) groups is 1. The number of methoxy groups -OCH3 is 1. The third kappa shape index (κ3) is 4.42. The number of carbonyl (C=O) groups excluding carboxylic acids is 1. The zero-order valence-corrected chi connectivity index (χ0v) is 19.7. The van der Waals surface area contributed by atoms with Crippen LogP contribution in [-0.2, 0) is 11.8 Å². The third-order valence-corrected chi connectivity index (χ3v) is 6.06. The number of aryl methyl sites for hydroxylation is 2. The van der Waals surface area contributed by atoms with E-state index in [-0.39, 0.29) is 5.91 Å². The van der Waals surface area contributed by atoms with E-state index in [1.165, 1.54) is 0 Å². The van der Waals surface area contributed by atoms with E-state index in [4.69, 9.17) is 21.1 Å². The number of ether oxygens (including phenoxy) is 2. The standard InChI is InChI=1S/C24H27ClN4O4/c1-5-33-17-11-8-15(12-18(17)32-4)20-19-13(2)28-29(3)22(19)27-24(31)21(20)26-23(30)14-6-9-16(25)10-7-14/h6-12,20-21,23,26,30H,5H2,1-4H3,(H,27,31)/t20-,21+,23?/m0/s1. The van der Waals surface area contributed by atoms with Gasteiger partial charge < -0.3 is 19.9 Å². The molecule has 3 atom stereocenters. The molecule has 33 heavy (non-hydrogen) atoms. The van der Waals surface area contributed by atoms with Crippen LogP contribution in [0.1, 0.15) is 41.5 Å². The summed E-state index contributed by atoms with van der Waals surface area (Å²) in [4.78, 5) is 13.2. The van der Waals surface area contributed by atoms with E-state index >= 15 is 0 Å². The second-order valence-electron chi connectivity index (χ2n) is 7.88. The summed E-state index contributed by atoms with van der Waals surface area (Å²) in [5, 5.41) is 22.0. The van der Waals surface area contributed by atoms with Crippen molar-refractivity contribution >= 4 is 23.3 Å². The zero-order valence-electron chi connectivity index (χ0n) is 18.9. The van der Waals surface area contributed by atoms with Gasteiger partial charge >= 0.3 is 0 Å². The van der Waals surface area contributed by atoms with Crippen molar-refractivity contribution in [1.82, 2.24) is 15.1 Å². The summed E-state index contributed by atoms with van der Waals surface area (Å²) in [6.07, 6.45) is -1.08. The van der Waals surface area contributed by atoms with Crippen LogP contribution < -0.4 is 20.1 Å². The van der Waals surface area contributed by atoms with Gasteiger partial charge in [-0.1, -0.05) is 29.8 Å². The number of hydrogen-bond donors (Lipinski definition) is 3. The molecule has 1 aromatic heterocycles. The number of hydrogen-bond acceptors (Lipinski definition) is 6. The molecule has 1 aliphatic rings. The van der Waals surface area contributed by atoms with Crippen LogP contribution in [0.15, 0.2) is 42.5 Å². The van der Waals surface area contributed by atoms with Crippen LogP contribution in [-0.4, -0.2) is 40.6 Å². The fourth-order valence-corrected chi connectivity index (χ4v) is 4.43. The first-order valence-electron chi connectivity index (χ1n) is 10.7. The van der Waals surface area contributed by atoms with E-state index in [2.05, 4.69) is 15.7 Å². The van der Waals surface area contributed by atoms with Crippen LogP contribution >= 0.6 is 11.6 Å². The van der Waals surface area contributed by atoms with Crippen LogP contribution in [0.25, 0.3) is 0 Å². The summed E-state index contributed by atoms with van der Waals surface area (Å²) in [7, 11) is 3.37. The molecule has 0 bridgehead atoms. The first-order chi connectivity index (χ1) is 15.8. The van der Waals surface area contributed by atoms with Crippen molar-refractivity contribution in [3.63, 3.8) is 0 Å². The Bertz CT molecular complexity index is 1160. The number of halogens is 1. The molecule has 0 fully saturated rings. The molecule has 8 nitrogen and oxygen atoms in total. The molecule has 1 unspecified atom stereocenters. The second kappa shape index (κ2) is 9.43. The number of fused-ring (bicyclic) bond motifs is 1. The van der Waals surface area contributed by atoms with Crippen molar-refractivity contribution in [2.24, 2.45) is 7.05 Å². The zero-order chi connectivity index (χ0) is 23.7. The molecule has 3 aromatic rings. The van der Waals surface area contributed by atoms with Crippen LogP contribution in [0.3, 0.4) is 0 Å². The number of aromatic nitrogens is 2. The Balaban J connectivity index is 1.78. The Morgan fingerprint density at radius 3 is 2.64 bits per heavy atom. The van der Waals surface area contributed by atoms with E-state index in [0.717, 1.165) is 16.8 Å². The number of nitrogens with zero attached hydrogens (tertiary/aromatic N) is 2. The van der Waals surface area contributed by atoms with Crippen LogP contribution in [0.4, 0.5) is 5.82 Å². The Kier molecular flexibility index (Phi) is 6.60. The van der Waals surface area contributed by atoms with Gasteiger partial charge in [-0.25, -0.2) is 0 Å². The fraction of sp³-hybridized carbons (Fsp3) is 0.333. The van der Waals surface area contributed by atoms with Crippen LogP contribution in [0.5, 0.6) is 11.5 Å². The highest BCUT2D eigenvalue weighted by atomic mass is 35.5. The summed E-state index contributed by atoms with van der Waals surface area (Å²) < 4.78 is 12.9. The van der Waals surface area contributed by atoms with Gasteiger partial charge in [0.15, 0.2) is 11.5 Å². The molecule has 1 amide bonds. The highest BCUT2D eigenvalue weighted by Crippen LogP contribution is 2.42. The highest BCUT2D eigenvalue weighted by Gasteiger charge is 2.41. The Morgan fingerprint density at radius 2 is 1.97 bits per heavy atom. The van der Waals surface area contributed by atoms with Gasteiger partial charge in [0.1, 0.15) is 18.1 Å². The maximum absolute atomic E-state index is 13.2. The van der Waals surface area contributed by atoms with Gasteiger partial charge in [-0.15, -0.1) is 0 Å². The molecule has 0 spiro atoms. The largest absolute Gasteiger partial charge is 0.493 e. The SMILES string of the molecule is CCOc1ccc([C@H]2c3c(C)nn(C)c3NC(=O)[C@@H]2NC(O)c2ccc(Cl)cc2)cc1OC. The van der Waals surface area contributed by atoms with E-state index in [9.17, 15) is 9.90 Å². The van der Waals surface area contributed by atoms with Gasteiger partial charge in [-0.2, -0.15) is 5.10 Å². The topological polar surface area (TPSA) is 97.6 Å². The van der Waals surface area contributed by atoms with E-state index in [1.807, 2.05) is 32.0 Å². The lowest BCUT2D eigenvalue weighted by Gasteiger charge is -2.34. The molecular weight excluding hydrogens is 444 g/mol. The lowest BCUT2D eigenvalue weighted by atomic mass is 9.81. The number of benzene rings is 2. The molecule has 9 heteroatoms. The molecule has 1 aliphatic heterocycles. The molecule has 0 aliphatic carbocycles. The van der Waals surface area contributed by atoms with Crippen molar-refractivity contribution in [2.75, 3.05) is 19.0 Å². The van der Waals surface area contributed by atoms with Crippen molar-refractivity contribution in [2.45, 2.75) is 32.0 Å². The van der Waals surface area contributed by atoms with Crippen molar-refractivity contribution < 1.29 is 19.4 Å². The van der Waals surface area contributed by atoms with Gasteiger partial charge in [0.2, 0.25) is 5.91 Å². The van der Waals surface area contributed by atoms with Gasteiger partial charge in [0, 0.05) is 23.6 Å². The van der Waals surface area contributed by atoms with E-state index in [0.29, 0.717) is 34.5 Å². The smallest absolute Gasteiger partial charge is 0.243 e. The lowest BCUT2D eigenvalue weighted by molar-refractivity contribution is -0.119. The van der Waals surface area contributed by atoms with Gasteiger partial charge in [0.05, 0.1) is 19.4 Å². The normalized spacial score (nSPS) is 18.4. The van der Waals surface area contributed by atoms with Gasteiger partial charge in [-0.3, -0.25) is 14.8 Å². The number of nitrogens with one attached hydrogen (secondary N) is 2.